The van der Waals surface area contributed by atoms with Crippen LogP contribution in [-0.4, -0.2) is 81.5 Å². The molecule has 0 aliphatic heterocycles. The van der Waals surface area contributed by atoms with Gasteiger partial charge in [-0.3, -0.25) is 0 Å². The van der Waals surface area contributed by atoms with Gasteiger partial charge in [0.15, 0.2) is 0 Å². The topological polar surface area (TPSA) is 142 Å². The first-order valence-electron chi connectivity index (χ1n) is 5.76. The molecule has 0 aromatic heterocycles. The van der Waals surface area contributed by atoms with Crippen molar-refractivity contribution < 1.29 is 35.7 Å². The molecule has 0 aromatic carbocycles. The molecule has 0 aliphatic carbocycles. The Morgan fingerprint density at radius 2 is 1.11 bits per heavy atom. The van der Waals surface area contributed by atoms with Gasteiger partial charge in [-0.2, -0.15) is 0 Å². The second-order valence-corrected chi connectivity index (χ2v) is 3.81. The highest BCUT2D eigenvalue weighted by Gasteiger charge is 2.24. The maximum absolute atomic E-state index is 8.66. The number of hydrogen-bond acceptors (Lipinski definition) is 7. The van der Waals surface area contributed by atoms with Crippen LogP contribution in [0.2, 0.25) is 0 Å². The van der Waals surface area contributed by atoms with E-state index in [4.69, 9.17) is 35.7 Å². The minimum absolute atomic E-state index is 0.125. The fourth-order valence-electron chi connectivity index (χ4n) is 0.485. The van der Waals surface area contributed by atoms with Gasteiger partial charge in [-0.1, -0.05) is 6.92 Å². The fourth-order valence-corrected chi connectivity index (χ4v) is 0.485. The highest BCUT2D eigenvalue weighted by molar-refractivity contribution is 4.74. The first kappa shape index (κ1) is 22.9. The summed E-state index contributed by atoms with van der Waals surface area (Å²) >= 11 is 0. The van der Waals surface area contributed by atoms with E-state index in [0.29, 0.717) is 6.42 Å². The van der Waals surface area contributed by atoms with Crippen LogP contribution in [0.15, 0.2) is 0 Å². The zero-order chi connectivity index (χ0) is 15.0. The number of hydrogen-bond donors (Lipinski definition) is 7. The molecule has 0 rings (SSSR count). The lowest BCUT2D eigenvalue weighted by atomic mass is 9.88. The molecule has 1 atom stereocenters. The number of rotatable bonds is 6. The molecule has 7 nitrogen and oxygen atoms in total. The Balaban J connectivity index is -0.000000212. The summed E-state index contributed by atoms with van der Waals surface area (Å²) in [6.07, 6.45) is 0.0336. The first-order chi connectivity index (χ1) is 8.43. The van der Waals surface area contributed by atoms with E-state index in [0.717, 1.165) is 0 Å². The van der Waals surface area contributed by atoms with Crippen LogP contribution < -0.4 is 0 Å². The van der Waals surface area contributed by atoms with Gasteiger partial charge in [0.05, 0.1) is 45.7 Å². The van der Waals surface area contributed by atoms with Gasteiger partial charge in [0, 0.05) is 5.41 Å². The highest BCUT2D eigenvalue weighted by Crippen LogP contribution is 2.18. The van der Waals surface area contributed by atoms with Crippen molar-refractivity contribution in [2.24, 2.45) is 5.41 Å². The van der Waals surface area contributed by atoms with Gasteiger partial charge in [-0.05, 0) is 13.3 Å². The zero-order valence-corrected chi connectivity index (χ0v) is 11.2. The summed E-state index contributed by atoms with van der Waals surface area (Å²) in [5, 5.41) is 57.2. The van der Waals surface area contributed by atoms with Gasteiger partial charge in [-0.15, -0.1) is 0 Å². The molecule has 7 N–H and O–H groups in total. The van der Waals surface area contributed by atoms with Crippen molar-refractivity contribution in [1.82, 2.24) is 0 Å². The van der Waals surface area contributed by atoms with Gasteiger partial charge in [0.25, 0.3) is 0 Å². The van der Waals surface area contributed by atoms with E-state index in [2.05, 4.69) is 0 Å². The highest BCUT2D eigenvalue weighted by atomic mass is 16.3. The molecule has 0 aromatic rings. The third-order valence-electron chi connectivity index (χ3n) is 2.12. The predicted molar refractivity (Wildman–Crippen MR) is 66.9 cm³/mol. The lowest BCUT2D eigenvalue weighted by molar-refractivity contribution is 0.00304. The lowest BCUT2D eigenvalue weighted by Gasteiger charge is -2.24. The average Bonchev–Trinajstić information content (AvgIpc) is 2.43. The monoisotopic (exact) mass is 272 g/mol. The molecule has 0 heterocycles. The molecule has 18 heavy (non-hydrogen) atoms. The zero-order valence-electron chi connectivity index (χ0n) is 11.2. The predicted octanol–water partition coefficient (Wildman–Crippen LogP) is -2.31. The molecule has 0 fully saturated rings. The van der Waals surface area contributed by atoms with Crippen molar-refractivity contribution in [2.45, 2.75) is 26.4 Å². The van der Waals surface area contributed by atoms with Gasteiger partial charge < -0.3 is 35.7 Å². The van der Waals surface area contributed by atoms with E-state index >= 15 is 0 Å². The van der Waals surface area contributed by atoms with Crippen LogP contribution >= 0.6 is 0 Å². The molecule has 0 aliphatic rings. The molecule has 0 bridgehead atoms. The fraction of sp³-hybridized carbons (Fsp3) is 1.00. The van der Waals surface area contributed by atoms with Crippen molar-refractivity contribution in [3.05, 3.63) is 0 Å². The Hall–Kier alpha value is -0.280. The standard InChI is InChI=1S/C6H14O3.C3H8O2.C2H6O2/c1-2-6(3-7,4-8)5-9;1-3(5)2-4;3-1-2-4/h7-9H,2-5H2,1H3;3-5H,2H2,1H3;3-4H,1-2H2. The van der Waals surface area contributed by atoms with Gasteiger partial charge in [0.1, 0.15) is 0 Å². The van der Waals surface area contributed by atoms with E-state index in [9.17, 15) is 0 Å². The minimum Gasteiger partial charge on any atom is -0.396 e. The third kappa shape index (κ3) is 15.7. The summed E-state index contributed by atoms with van der Waals surface area (Å²) in [4.78, 5) is 0. The first-order valence-corrected chi connectivity index (χ1v) is 5.76. The Kier molecular flexibility index (Phi) is 21.2. The number of aliphatic hydroxyl groups excluding tert-OH is 7. The van der Waals surface area contributed by atoms with Crippen LogP contribution in [0, 0.1) is 5.41 Å². The largest absolute Gasteiger partial charge is 0.396 e. The summed E-state index contributed by atoms with van der Waals surface area (Å²) in [7, 11) is 0. The normalized spacial score (nSPS) is 11.8. The molecular formula is C11H28O7. The summed E-state index contributed by atoms with van der Waals surface area (Å²) in [6.45, 7) is 2.49. The van der Waals surface area contributed by atoms with Crippen LogP contribution in [0.3, 0.4) is 0 Å². The molecule has 7 heteroatoms. The molecular weight excluding hydrogens is 244 g/mol. The van der Waals surface area contributed by atoms with E-state index in [-0.39, 0.29) is 39.6 Å². The van der Waals surface area contributed by atoms with Crippen LogP contribution in [0.1, 0.15) is 20.3 Å². The number of aliphatic hydroxyl groups is 7. The maximum atomic E-state index is 8.66. The Morgan fingerprint density at radius 1 is 0.833 bits per heavy atom. The second kappa shape index (κ2) is 16.7. The third-order valence-corrected chi connectivity index (χ3v) is 2.12. The molecule has 0 amide bonds. The van der Waals surface area contributed by atoms with E-state index in [1.54, 1.807) is 0 Å². The molecule has 0 radical (unpaired) electrons. The molecule has 0 saturated carbocycles. The van der Waals surface area contributed by atoms with E-state index in [1.165, 1.54) is 6.92 Å². The van der Waals surface area contributed by atoms with Gasteiger partial charge in [0.2, 0.25) is 0 Å². The smallest absolute Gasteiger partial charge is 0.0742 e. The van der Waals surface area contributed by atoms with Crippen molar-refractivity contribution in [3.8, 4) is 0 Å². The van der Waals surface area contributed by atoms with Gasteiger partial charge >= 0.3 is 0 Å². The Bertz CT molecular complexity index is 118. The van der Waals surface area contributed by atoms with Crippen molar-refractivity contribution in [3.63, 3.8) is 0 Å². The minimum atomic E-state index is -0.667. The van der Waals surface area contributed by atoms with Crippen LogP contribution in [0.25, 0.3) is 0 Å². The summed E-state index contributed by atoms with van der Waals surface area (Å²) in [5.74, 6) is 0. The summed E-state index contributed by atoms with van der Waals surface area (Å²) in [5.41, 5.74) is -0.667. The van der Waals surface area contributed by atoms with E-state index < -0.39 is 11.5 Å². The van der Waals surface area contributed by atoms with Crippen LogP contribution in [0.5, 0.6) is 0 Å². The summed E-state index contributed by atoms with van der Waals surface area (Å²) in [6, 6.07) is 0. The van der Waals surface area contributed by atoms with Crippen LogP contribution in [0.4, 0.5) is 0 Å². The van der Waals surface area contributed by atoms with Gasteiger partial charge in [-0.25, -0.2) is 0 Å². The summed E-state index contributed by atoms with van der Waals surface area (Å²) < 4.78 is 0. The molecule has 0 saturated heterocycles. The van der Waals surface area contributed by atoms with Crippen molar-refractivity contribution in [2.75, 3.05) is 39.6 Å². The SMILES string of the molecule is CC(O)CO.CCC(CO)(CO)CO.OCCO. The molecule has 1 unspecified atom stereocenters. The maximum Gasteiger partial charge on any atom is 0.0742 e. The second-order valence-electron chi connectivity index (χ2n) is 3.81. The molecule has 0 spiro atoms. The van der Waals surface area contributed by atoms with Crippen molar-refractivity contribution in [1.29, 1.82) is 0 Å². The van der Waals surface area contributed by atoms with Crippen molar-refractivity contribution >= 4 is 0 Å². The average molecular weight is 272 g/mol. The van der Waals surface area contributed by atoms with E-state index in [1.807, 2.05) is 6.92 Å². The Morgan fingerprint density at radius 3 is 1.11 bits per heavy atom. The lowest BCUT2D eigenvalue weighted by Crippen LogP contribution is -2.32. The molecule has 114 valence electrons. The Labute approximate surface area is 108 Å². The quantitative estimate of drug-likeness (QED) is 0.288. The van der Waals surface area contributed by atoms with Crippen LogP contribution in [-0.2, 0) is 0 Å².